The Bertz CT molecular complexity index is 479. The standard InChI is InChI=1S/C15H20F2N2O/c1-2-8-19-13(20)7-6-12(18)14(19)10-4-3-5-11(9-10)15(16)17/h3-5,9,12,14-15H,2,6-8,18H2,1H3. The number of halogens is 2. The number of hydrogen-bond acceptors (Lipinski definition) is 2. The Labute approximate surface area is 117 Å². The number of hydrogen-bond donors (Lipinski definition) is 1. The fraction of sp³-hybridized carbons (Fsp3) is 0.533. The minimum atomic E-state index is -2.51. The SMILES string of the molecule is CCCN1C(=O)CCC(N)C1c1cccc(C(F)F)c1. The highest BCUT2D eigenvalue weighted by Crippen LogP contribution is 2.32. The Morgan fingerprint density at radius 1 is 1.45 bits per heavy atom. The van der Waals surface area contributed by atoms with Gasteiger partial charge < -0.3 is 10.6 Å². The van der Waals surface area contributed by atoms with Gasteiger partial charge in [0.2, 0.25) is 5.91 Å². The first-order chi connectivity index (χ1) is 9.54. The molecule has 1 heterocycles. The molecule has 0 spiro atoms. The molecule has 20 heavy (non-hydrogen) atoms. The van der Waals surface area contributed by atoms with Crippen LogP contribution in [0.5, 0.6) is 0 Å². The van der Waals surface area contributed by atoms with Crippen LogP contribution in [0.15, 0.2) is 24.3 Å². The fourth-order valence-electron chi connectivity index (χ4n) is 2.79. The van der Waals surface area contributed by atoms with Gasteiger partial charge in [-0.1, -0.05) is 25.1 Å². The summed E-state index contributed by atoms with van der Waals surface area (Å²) in [7, 11) is 0. The molecule has 0 aromatic heterocycles. The number of likely N-dealkylation sites (tertiary alicyclic amines) is 1. The van der Waals surface area contributed by atoms with E-state index in [4.69, 9.17) is 5.73 Å². The van der Waals surface area contributed by atoms with Gasteiger partial charge in [-0.3, -0.25) is 4.79 Å². The zero-order valence-corrected chi connectivity index (χ0v) is 11.6. The van der Waals surface area contributed by atoms with E-state index >= 15 is 0 Å². The topological polar surface area (TPSA) is 46.3 Å². The number of benzene rings is 1. The Kier molecular flexibility index (Phi) is 4.70. The molecule has 0 radical (unpaired) electrons. The van der Waals surface area contributed by atoms with Crippen molar-refractivity contribution in [2.75, 3.05) is 6.54 Å². The van der Waals surface area contributed by atoms with Crippen molar-refractivity contribution in [1.29, 1.82) is 0 Å². The maximum absolute atomic E-state index is 12.8. The summed E-state index contributed by atoms with van der Waals surface area (Å²) in [6, 6.07) is 5.75. The minimum absolute atomic E-state index is 0.0239. The van der Waals surface area contributed by atoms with Crippen LogP contribution in [0.4, 0.5) is 8.78 Å². The maximum Gasteiger partial charge on any atom is 0.263 e. The number of nitrogens with two attached hydrogens (primary N) is 1. The molecule has 110 valence electrons. The van der Waals surface area contributed by atoms with Crippen molar-refractivity contribution in [2.45, 2.75) is 44.7 Å². The first-order valence-electron chi connectivity index (χ1n) is 6.97. The molecule has 2 atom stereocenters. The molecule has 1 aromatic carbocycles. The predicted molar refractivity (Wildman–Crippen MR) is 73.4 cm³/mol. The van der Waals surface area contributed by atoms with Crippen molar-refractivity contribution in [2.24, 2.45) is 5.73 Å². The molecule has 1 saturated heterocycles. The van der Waals surface area contributed by atoms with Crippen LogP contribution in [0.25, 0.3) is 0 Å². The van der Waals surface area contributed by atoms with E-state index in [1.54, 1.807) is 17.0 Å². The normalized spacial score (nSPS) is 23.4. The average molecular weight is 282 g/mol. The molecule has 2 unspecified atom stereocenters. The van der Waals surface area contributed by atoms with Gasteiger partial charge in [-0.25, -0.2) is 8.78 Å². The monoisotopic (exact) mass is 282 g/mol. The van der Waals surface area contributed by atoms with Gasteiger partial charge in [0.05, 0.1) is 6.04 Å². The van der Waals surface area contributed by atoms with Gasteiger partial charge in [0.15, 0.2) is 0 Å². The minimum Gasteiger partial charge on any atom is -0.334 e. The summed E-state index contributed by atoms with van der Waals surface area (Å²) < 4.78 is 25.6. The van der Waals surface area contributed by atoms with Gasteiger partial charge >= 0.3 is 0 Å². The molecule has 1 aliphatic rings. The second kappa shape index (κ2) is 6.31. The fourth-order valence-corrected chi connectivity index (χ4v) is 2.79. The van der Waals surface area contributed by atoms with E-state index in [0.717, 1.165) is 6.42 Å². The number of rotatable bonds is 4. The van der Waals surface area contributed by atoms with E-state index in [-0.39, 0.29) is 23.6 Å². The molecular weight excluding hydrogens is 262 g/mol. The van der Waals surface area contributed by atoms with Gasteiger partial charge in [0.1, 0.15) is 0 Å². The summed E-state index contributed by atoms with van der Waals surface area (Å²) in [4.78, 5) is 13.8. The summed E-state index contributed by atoms with van der Waals surface area (Å²) in [5.74, 6) is 0.0565. The van der Waals surface area contributed by atoms with Gasteiger partial charge in [-0.05, 0) is 24.5 Å². The molecule has 2 rings (SSSR count). The number of carbonyl (C=O) groups excluding carboxylic acids is 1. The number of amides is 1. The number of alkyl halides is 2. The first-order valence-corrected chi connectivity index (χ1v) is 6.97. The Balaban J connectivity index is 2.35. The lowest BCUT2D eigenvalue weighted by Crippen LogP contribution is -2.49. The molecule has 1 aliphatic heterocycles. The van der Waals surface area contributed by atoms with Crippen LogP contribution in [0.2, 0.25) is 0 Å². The van der Waals surface area contributed by atoms with Crippen LogP contribution in [0.3, 0.4) is 0 Å². The summed E-state index contributed by atoms with van der Waals surface area (Å²) in [5.41, 5.74) is 6.82. The Morgan fingerprint density at radius 3 is 2.85 bits per heavy atom. The zero-order chi connectivity index (χ0) is 14.7. The summed E-state index contributed by atoms with van der Waals surface area (Å²) >= 11 is 0. The summed E-state index contributed by atoms with van der Waals surface area (Å²) in [5, 5.41) is 0. The van der Waals surface area contributed by atoms with E-state index in [2.05, 4.69) is 0 Å². The molecule has 1 amide bonds. The third kappa shape index (κ3) is 2.98. The van der Waals surface area contributed by atoms with Crippen LogP contribution in [0, 0.1) is 0 Å². The number of nitrogens with zero attached hydrogens (tertiary/aromatic N) is 1. The average Bonchev–Trinajstić information content (AvgIpc) is 2.43. The summed E-state index contributed by atoms with van der Waals surface area (Å²) in [6.45, 7) is 2.59. The number of piperidine rings is 1. The van der Waals surface area contributed by atoms with E-state index in [9.17, 15) is 13.6 Å². The molecule has 5 heteroatoms. The highest BCUT2D eigenvalue weighted by molar-refractivity contribution is 5.78. The van der Waals surface area contributed by atoms with Crippen molar-refractivity contribution in [3.05, 3.63) is 35.4 Å². The Morgan fingerprint density at radius 2 is 2.20 bits per heavy atom. The maximum atomic E-state index is 12.8. The third-order valence-electron chi connectivity index (χ3n) is 3.72. The zero-order valence-electron chi connectivity index (χ0n) is 11.6. The third-order valence-corrected chi connectivity index (χ3v) is 3.72. The van der Waals surface area contributed by atoms with Crippen LogP contribution in [-0.4, -0.2) is 23.4 Å². The van der Waals surface area contributed by atoms with Gasteiger partial charge in [-0.15, -0.1) is 0 Å². The molecule has 3 nitrogen and oxygen atoms in total. The van der Waals surface area contributed by atoms with Gasteiger partial charge in [0, 0.05) is 24.6 Å². The second-order valence-electron chi connectivity index (χ2n) is 5.21. The van der Waals surface area contributed by atoms with Crippen molar-refractivity contribution >= 4 is 5.91 Å². The van der Waals surface area contributed by atoms with Crippen molar-refractivity contribution < 1.29 is 13.6 Å². The molecule has 0 bridgehead atoms. The van der Waals surface area contributed by atoms with Crippen molar-refractivity contribution in [3.63, 3.8) is 0 Å². The Hall–Kier alpha value is -1.49. The lowest BCUT2D eigenvalue weighted by atomic mass is 9.89. The molecule has 0 saturated carbocycles. The lowest BCUT2D eigenvalue weighted by molar-refractivity contribution is -0.137. The van der Waals surface area contributed by atoms with Gasteiger partial charge in [-0.2, -0.15) is 0 Å². The molecule has 1 fully saturated rings. The van der Waals surface area contributed by atoms with E-state index in [0.29, 0.717) is 24.9 Å². The van der Waals surface area contributed by atoms with Crippen LogP contribution in [0.1, 0.15) is 49.8 Å². The molecular formula is C15H20F2N2O. The van der Waals surface area contributed by atoms with E-state index in [1.807, 2.05) is 6.92 Å². The van der Waals surface area contributed by atoms with Crippen molar-refractivity contribution in [1.82, 2.24) is 4.90 Å². The molecule has 1 aromatic rings. The van der Waals surface area contributed by atoms with Crippen LogP contribution < -0.4 is 5.73 Å². The highest BCUT2D eigenvalue weighted by atomic mass is 19.3. The molecule has 0 aliphatic carbocycles. The highest BCUT2D eigenvalue weighted by Gasteiger charge is 2.34. The van der Waals surface area contributed by atoms with Gasteiger partial charge in [0.25, 0.3) is 6.43 Å². The number of carbonyl (C=O) groups is 1. The summed E-state index contributed by atoms with van der Waals surface area (Å²) in [6.07, 6.45) is -0.650. The smallest absolute Gasteiger partial charge is 0.263 e. The lowest BCUT2D eigenvalue weighted by Gasteiger charge is -2.40. The largest absolute Gasteiger partial charge is 0.334 e. The van der Waals surface area contributed by atoms with E-state index < -0.39 is 6.43 Å². The van der Waals surface area contributed by atoms with Crippen LogP contribution >= 0.6 is 0 Å². The first kappa shape index (κ1) is 14.9. The molecule has 2 N–H and O–H groups in total. The van der Waals surface area contributed by atoms with Crippen LogP contribution in [-0.2, 0) is 4.79 Å². The van der Waals surface area contributed by atoms with E-state index in [1.165, 1.54) is 12.1 Å². The van der Waals surface area contributed by atoms with Crippen molar-refractivity contribution in [3.8, 4) is 0 Å². The quantitative estimate of drug-likeness (QED) is 0.922. The predicted octanol–water partition coefficient (Wildman–Crippen LogP) is 3.03. The second-order valence-corrected chi connectivity index (χ2v) is 5.21.